The van der Waals surface area contributed by atoms with Crippen LogP contribution in [0.25, 0.3) is 11.0 Å². The first kappa shape index (κ1) is 20.7. The first-order chi connectivity index (χ1) is 14.4. The number of pyridine rings is 1. The van der Waals surface area contributed by atoms with Gasteiger partial charge in [0, 0.05) is 42.7 Å². The quantitative estimate of drug-likeness (QED) is 0.611. The van der Waals surface area contributed by atoms with Crippen molar-refractivity contribution in [3.63, 3.8) is 0 Å². The highest BCUT2D eigenvalue weighted by molar-refractivity contribution is 6.38. The van der Waals surface area contributed by atoms with Crippen molar-refractivity contribution in [2.75, 3.05) is 26.3 Å². The molecule has 0 unspecified atom stereocenters. The topological polar surface area (TPSA) is 71.2 Å². The van der Waals surface area contributed by atoms with Gasteiger partial charge in [-0.15, -0.1) is 0 Å². The number of benzene rings is 1. The molecule has 1 aliphatic rings. The van der Waals surface area contributed by atoms with Crippen LogP contribution in [0.4, 0.5) is 0 Å². The number of nitrogens with zero attached hydrogens (tertiary/aromatic N) is 4. The Morgan fingerprint density at radius 1 is 1.27 bits per heavy atom. The van der Waals surface area contributed by atoms with Crippen LogP contribution in [-0.4, -0.2) is 46.7 Å². The molecule has 0 spiro atoms. The van der Waals surface area contributed by atoms with Gasteiger partial charge in [0.25, 0.3) is 5.91 Å². The zero-order valence-corrected chi connectivity index (χ0v) is 18.2. The predicted octanol–water partition coefficient (Wildman–Crippen LogP) is 4.12. The lowest BCUT2D eigenvalue weighted by atomic mass is 10.0. The van der Waals surface area contributed by atoms with Gasteiger partial charge in [-0.2, -0.15) is 5.26 Å². The van der Waals surface area contributed by atoms with E-state index in [1.165, 1.54) is 0 Å². The van der Waals surface area contributed by atoms with Crippen LogP contribution in [0.2, 0.25) is 10.0 Å². The lowest BCUT2D eigenvalue weighted by molar-refractivity contribution is 0.0303. The molecule has 0 aliphatic carbocycles. The summed E-state index contributed by atoms with van der Waals surface area (Å²) >= 11 is 13.2. The maximum absolute atomic E-state index is 13.0. The largest absolute Gasteiger partial charge is 0.378 e. The first-order valence-corrected chi connectivity index (χ1v) is 10.4. The van der Waals surface area contributed by atoms with Crippen LogP contribution < -0.4 is 0 Å². The number of nitriles is 1. The van der Waals surface area contributed by atoms with Crippen molar-refractivity contribution >= 4 is 40.1 Å². The van der Waals surface area contributed by atoms with E-state index in [4.69, 9.17) is 27.9 Å². The summed E-state index contributed by atoms with van der Waals surface area (Å²) < 4.78 is 7.27. The summed E-state index contributed by atoms with van der Waals surface area (Å²) in [5, 5.41) is 11.1. The average Bonchev–Trinajstić information content (AvgIpc) is 3.07. The van der Waals surface area contributed by atoms with E-state index >= 15 is 0 Å². The zero-order valence-electron chi connectivity index (χ0n) is 16.7. The van der Waals surface area contributed by atoms with Crippen LogP contribution in [0.15, 0.2) is 24.3 Å². The third-order valence-electron chi connectivity index (χ3n) is 5.49. The van der Waals surface area contributed by atoms with Gasteiger partial charge in [0.2, 0.25) is 0 Å². The van der Waals surface area contributed by atoms with Gasteiger partial charge in [-0.25, -0.2) is 4.98 Å². The van der Waals surface area contributed by atoms with Crippen LogP contribution in [-0.2, 0) is 18.2 Å². The third-order valence-corrected chi connectivity index (χ3v) is 6.28. The molecule has 0 radical (unpaired) electrons. The number of fused-ring (bicyclic) bond motifs is 1. The smallest absolute Gasteiger partial charge is 0.255 e. The Morgan fingerprint density at radius 2 is 2.00 bits per heavy atom. The van der Waals surface area contributed by atoms with E-state index in [1.54, 1.807) is 23.1 Å². The Balaban J connectivity index is 1.73. The van der Waals surface area contributed by atoms with Gasteiger partial charge in [0.15, 0.2) is 0 Å². The number of carbonyl (C=O) groups is 1. The number of ether oxygens (including phenoxy) is 1. The molecular weight excluding hydrogens is 423 g/mol. The Labute approximate surface area is 184 Å². The number of halogens is 2. The second-order valence-electron chi connectivity index (χ2n) is 7.34. The normalized spacial score (nSPS) is 14.2. The number of amides is 1. The van der Waals surface area contributed by atoms with Gasteiger partial charge >= 0.3 is 0 Å². The number of carbonyl (C=O) groups excluding carboxylic acids is 1. The molecule has 1 aliphatic heterocycles. The first-order valence-electron chi connectivity index (χ1n) is 9.60. The van der Waals surface area contributed by atoms with E-state index < -0.39 is 0 Å². The van der Waals surface area contributed by atoms with E-state index in [-0.39, 0.29) is 5.91 Å². The molecule has 0 saturated carbocycles. The number of rotatable bonds is 3. The molecule has 2 aromatic heterocycles. The zero-order chi connectivity index (χ0) is 21.4. The highest BCUT2D eigenvalue weighted by Gasteiger charge is 2.24. The number of hydrogen-bond donors (Lipinski definition) is 0. The molecule has 8 heteroatoms. The van der Waals surface area contributed by atoms with Crippen LogP contribution in [0.3, 0.4) is 0 Å². The lowest BCUT2D eigenvalue weighted by Crippen LogP contribution is -2.40. The van der Waals surface area contributed by atoms with Crippen molar-refractivity contribution in [3.8, 4) is 6.07 Å². The molecule has 1 amide bonds. The summed E-state index contributed by atoms with van der Waals surface area (Å²) in [5.74, 6) is -0.116. The second-order valence-corrected chi connectivity index (χ2v) is 8.12. The standard InChI is InChI=1S/C22H20Cl2N4O2/c1-13-9-14(12-25)26-21-17(13)10-15(27(21)2)11-18-19(23)4-3-16(20(18)24)22(29)28-5-7-30-8-6-28/h3-4,9-10H,5-8,11H2,1-2H3. The molecule has 0 N–H and O–H groups in total. The van der Waals surface area contributed by atoms with E-state index in [0.29, 0.717) is 59.6 Å². The maximum Gasteiger partial charge on any atom is 0.255 e. The number of morpholine rings is 1. The van der Waals surface area contributed by atoms with Crippen LogP contribution in [0.5, 0.6) is 0 Å². The fourth-order valence-corrected chi connectivity index (χ4v) is 4.35. The summed E-state index contributed by atoms with van der Waals surface area (Å²) in [7, 11) is 1.90. The Kier molecular flexibility index (Phi) is 5.70. The Morgan fingerprint density at radius 3 is 2.70 bits per heavy atom. The molecule has 6 nitrogen and oxygen atoms in total. The van der Waals surface area contributed by atoms with E-state index in [0.717, 1.165) is 22.3 Å². The highest BCUT2D eigenvalue weighted by Crippen LogP contribution is 2.33. The van der Waals surface area contributed by atoms with Gasteiger partial charge in [-0.1, -0.05) is 23.2 Å². The van der Waals surface area contributed by atoms with Gasteiger partial charge in [0.1, 0.15) is 17.4 Å². The van der Waals surface area contributed by atoms with E-state index in [1.807, 2.05) is 24.6 Å². The molecule has 1 fully saturated rings. The van der Waals surface area contributed by atoms with Crippen LogP contribution >= 0.6 is 23.2 Å². The monoisotopic (exact) mass is 442 g/mol. The van der Waals surface area contributed by atoms with E-state index in [2.05, 4.69) is 11.1 Å². The van der Waals surface area contributed by atoms with Gasteiger partial charge in [0.05, 0.1) is 23.8 Å². The fraction of sp³-hybridized carbons (Fsp3) is 0.318. The Hall–Kier alpha value is -2.59. The van der Waals surface area contributed by atoms with Crippen LogP contribution in [0.1, 0.15) is 32.9 Å². The van der Waals surface area contributed by atoms with Crippen molar-refractivity contribution in [3.05, 3.63) is 62.4 Å². The summed E-state index contributed by atoms with van der Waals surface area (Å²) in [6.07, 6.45) is 0.441. The van der Waals surface area contributed by atoms with Gasteiger partial charge < -0.3 is 14.2 Å². The maximum atomic E-state index is 13.0. The molecule has 30 heavy (non-hydrogen) atoms. The van der Waals surface area contributed by atoms with Gasteiger partial charge in [-0.3, -0.25) is 4.79 Å². The minimum atomic E-state index is -0.116. The highest BCUT2D eigenvalue weighted by atomic mass is 35.5. The van der Waals surface area contributed by atoms with Gasteiger partial charge in [-0.05, 0) is 42.3 Å². The van der Waals surface area contributed by atoms with Crippen molar-refractivity contribution in [1.29, 1.82) is 5.26 Å². The fourth-order valence-electron chi connectivity index (χ4n) is 3.77. The molecule has 1 aromatic carbocycles. The molecule has 3 heterocycles. The van der Waals surface area contributed by atoms with Crippen LogP contribution in [0, 0.1) is 18.3 Å². The SMILES string of the molecule is Cc1cc(C#N)nc2c1cc(Cc1c(Cl)ccc(C(=O)N3CCOCC3)c1Cl)n2C. The number of aryl methyl sites for hydroxylation is 2. The summed E-state index contributed by atoms with van der Waals surface area (Å²) in [5.41, 5.74) is 4.16. The number of aromatic nitrogens is 2. The minimum absolute atomic E-state index is 0.116. The molecule has 3 aromatic rings. The third kappa shape index (κ3) is 3.65. The molecule has 154 valence electrons. The summed E-state index contributed by atoms with van der Waals surface area (Å²) in [6, 6.07) is 9.30. The molecule has 0 atom stereocenters. The van der Waals surface area contributed by atoms with Crippen molar-refractivity contribution in [2.45, 2.75) is 13.3 Å². The summed E-state index contributed by atoms with van der Waals surface area (Å²) in [6.45, 7) is 4.09. The number of hydrogen-bond acceptors (Lipinski definition) is 4. The average molecular weight is 443 g/mol. The molecular formula is C22H20Cl2N4O2. The summed E-state index contributed by atoms with van der Waals surface area (Å²) in [4.78, 5) is 19.1. The lowest BCUT2D eigenvalue weighted by Gasteiger charge is -2.27. The Bertz CT molecular complexity index is 1190. The van der Waals surface area contributed by atoms with Crippen molar-refractivity contribution < 1.29 is 9.53 Å². The van der Waals surface area contributed by atoms with E-state index in [9.17, 15) is 10.1 Å². The second kappa shape index (κ2) is 8.27. The predicted molar refractivity (Wildman–Crippen MR) is 116 cm³/mol. The molecule has 1 saturated heterocycles. The minimum Gasteiger partial charge on any atom is -0.378 e. The molecule has 4 rings (SSSR count). The molecule has 0 bridgehead atoms. The van der Waals surface area contributed by atoms with Crippen molar-refractivity contribution in [1.82, 2.24) is 14.5 Å². The van der Waals surface area contributed by atoms with Crippen molar-refractivity contribution in [2.24, 2.45) is 7.05 Å².